The summed E-state index contributed by atoms with van der Waals surface area (Å²) in [5.74, 6) is -0.0277. The zero-order valence-electron chi connectivity index (χ0n) is 10.5. The van der Waals surface area contributed by atoms with Crippen LogP contribution in [-0.4, -0.2) is 19.0 Å². The zero-order valence-corrected chi connectivity index (χ0v) is 13.6. The first-order chi connectivity index (χ1) is 8.92. The number of carbonyl (C=O) groups excluding carboxylic acids is 1. The van der Waals surface area contributed by atoms with E-state index in [1.54, 1.807) is 12.1 Å². The van der Waals surface area contributed by atoms with Crippen LogP contribution in [0.1, 0.15) is 19.8 Å². The Morgan fingerprint density at radius 3 is 2.37 bits per heavy atom. The summed E-state index contributed by atoms with van der Waals surface area (Å²) in [4.78, 5) is 12.4. The monoisotopic (exact) mass is 364 g/mol. The topological polar surface area (TPSA) is 41.1 Å². The number of hydrogen-bond donors (Lipinski definition) is 2. The first-order valence-corrected chi connectivity index (χ1v) is 7.64. The molecule has 3 nitrogen and oxygen atoms in total. The van der Waals surface area contributed by atoms with Crippen LogP contribution in [-0.2, 0) is 4.79 Å². The summed E-state index contributed by atoms with van der Waals surface area (Å²) >= 11 is 15.6. The molecular formula is C13H15BrCl2N2O. The van der Waals surface area contributed by atoms with Crippen molar-refractivity contribution in [3.05, 3.63) is 26.7 Å². The quantitative estimate of drug-likeness (QED) is 0.828. The molecule has 1 aromatic rings. The first kappa shape index (κ1) is 15.1. The van der Waals surface area contributed by atoms with Crippen LogP contribution in [0.5, 0.6) is 0 Å². The largest absolute Gasteiger partial charge is 0.323 e. The van der Waals surface area contributed by atoms with E-state index < -0.39 is 0 Å². The summed E-state index contributed by atoms with van der Waals surface area (Å²) in [6, 6.07) is 3.43. The molecule has 2 N–H and O–H groups in total. The Kier molecular flexibility index (Phi) is 4.77. The molecule has 1 heterocycles. The van der Waals surface area contributed by atoms with Crippen molar-refractivity contribution in [2.75, 3.05) is 18.4 Å². The Morgan fingerprint density at radius 1 is 1.32 bits per heavy atom. The Morgan fingerprint density at radius 2 is 1.84 bits per heavy atom. The van der Waals surface area contributed by atoms with E-state index in [1.807, 2.05) is 6.92 Å². The van der Waals surface area contributed by atoms with E-state index >= 15 is 0 Å². The van der Waals surface area contributed by atoms with E-state index in [0.717, 1.165) is 30.4 Å². The Bertz CT molecular complexity index is 478. The number of rotatable bonds is 2. The third kappa shape index (κ3) is 3.43. The van der Waals surface area contributed by atoms with Gasteiger partial charge in [-0.2, -0.15) is 0 Å². The molecule has 19 heavy (non-hydrogen) atoms. The van der Waals surface area contributed by atoms with Gasteiger partial charge in [-0.05, 0) is 38.1 Å². The van der Waals surface area contributed by atoms with Crippen molar-refractivity contribution in [1.82, 2.24) is 5.32 Å². The fourth-order valence-corrected chi connectivity index (χ4v) is 3.43. The molecule has 0 unspecified atom stereocenters. The number of amides is 1. The SMILES string of the molecule is CC1(C(=O)Nc2c(Cl)cc(Br)cc2Cl)CCNCC1. The average Bonchev–Trinajstić information content (AvgIpc) is 2.34. The molecule has 0 bridgehead atoms. The standard InChI is InChI=1S/C13H15BrCl2N2O/c1-13(2-4-17-5-3-13)12(19)18-11-9(15)6-8(14)7-10(11)16/h6-7,17H,2-5H2,1H3,(H,18,19). The molecule has 1 amide bonds. The summed E-state index contributed by atoms with van der Waals surface area (Å²) in [7, 11) is 0. The van der Waals surface area contributed by atoms with Crippen molar-refractivity contribution in [3.63, 3.8) is 0 Å². The molecule has 0 spiro atoms. The number of benzene rings is 1. The van der Waals surface area contributed by atoms with Crippen molar-refractivity contribution < 1.29 is 4.79 Å². The molecule has 0 saturated carbocycles. The van der Waals surface area contributed by atoms with Crippen LogP contribution in [0.4, 0.5) is 5.69 Å². The third-order valence-corrected chi connectivity index (χ3v) is 4.55. The second-order valence-corrected chi connectivity index (χ2v) is 6.74. The lowest BCUT2D eigenvalue weighted by molar-refractivity contribution is -0.126. The van der Waals surface area contributed by atoms with Crippen molar-refractivity contribution in [2.24, 2.45) is 5.41 Å². The lowest BCUT2D eigenvalue weighted by Gasteiger charge is -2.32. The van der Waals surface area contributed by atoms with Gasteiger partial charge in [0.2, 0.25) is 5.91 Å². The summed E-state index contributed by atoms with van der Waals surface area (Å²) < 4.78 is 0.786. The van der Waals surface area contributed by atoms with E-state index in [0.29, 0.717) is 15.7 Å². The number of halogens is 3. The van der Waals surface area contributed by atoms with Crippen LogP contribution in [0.15, 0.2) is 16.6 Å². The van der Waals surface area contributed by atoms with E-state index in [2.05, 4.69) is 26.6 Å². The van der Waals surface area contributed by atoms with Crippen LogP contribution in [0, 0.1) is 5.41 Å². The van der Waals surface area contributed by atoms with Gasteiger partial charge in [-0.1, -0.05) is 46.1 Å². The Labute approximate surface area is 131 Å². The minimum absolute atomic E-state index is 0.0277. The molecular weight excluding hydrogens is 351 g/mol. The van der Waals surface area contributed by atoms with Crippen LogP contribution < -0.4 is 10.6 Å². The Balaban J connectivity index is 2.19. The minimum Gasteiger partial charge on any atom is -0.323 e. The summed E-state index contributed by atoms with van der Waals surface area (Å²) in [6.45, 7) is 3.68. The lowest BCUT2D eigenvalue weighted by atomic mass is 9.80. The Hall–Kier alpha value is -0.290. The molecule has 0 atom stereocenters. The molecule has 1 aliphatic heterocycles. The predicted octanol–water partition coefficient (Wildman–Crippen LogP) is 4.08. The van der Waals surface area contributed by atoms with Crippen LogP contribution >= 0.6 is 39.1 Å². The fraction of sp³-hybridized carbons (Fsp3) is 0.462. The average molecular weight is 366 g/mol. The van der Waals surface area contributed by atoms with Gasteiger partial charge >= 0.3 is 0 Å². The van der Waals surface area contributed by atoms with Gasteiger partial charge in [0.05, 0.1) is 15.7 Å². The normalized spacial score (nSPS) is 18.1. The smallest absolute Gasteiger partial charge is 0.230 e. The molecule has 1 aliphatic rings. The summed E-state index contributed by atoms with van der Waals surface area (Å²) in [5.41, 5.74) is 0.113. The molecule has 104 valence electrons. The van der Waals surface area contributed by atoms with E-state index in [1.165, 1.54) is 0 Å². The minimum atomic E-state index is -0.370. The zero-order chi connectivity index (χ0) is 14.0. The number of piperidine rings is 1. The van der Waals surface area contributed by atoms with Gasteiger partial charge in [0.1, 0.15) is 0 Å². The maximum atomic E-state index is 12.4. The molecule has 0 radical (unpaired) electrons. The van der Waals surface area contributed by atoms with Gasteiger partial charge in [0.25, 0.3) is 0 Å². The highest BCUT2D eigenvalue weighted by atomic mass is 79.9. The van der Waals surface area contributed by atoms with Crippen molar-refractivity contribution in [3.8, 4) is 0 Å². The molecule has 1 saturated heterocycles. The second-order valence-electron chi connectivity index (χ2n) is 5.01. The first-order valence-electron chi connectivity index (χ1n) is 6.09. The predicted molar refractivity (Wildman–Crippen MR) is 83.0 cm³/mol. The fourth-order valence-electron chi connectivity index (χ4n) is 2.13. The molecule has 0 aliphatic carbocycles. The summed E-state index contributed by atoms with van der Waals surface area (Å²) in [6.07, 6.45) is 1.62. The van der Waals surface area contributed by atoms with Gasteiger partial charge in [0.15, 0.2) is 0 Å². The van der Waals surface area contributed by atoms with Crippen molar-refractivity contribution in [1.29, 1.82) is 0 Å². The van der Waals surface area contributed by atoms with Gasteiger partial charge in [-0.15, -0.1) is 0 Å². The van der Waals surface area contributed by atoms with E-state index in [-0.39, 0.29) is 11.3 Å². The molecule has 6 heteroatoms. The van der Waals surface area contributed by atoms with Gasteiger partial charge < -0.3 is 10.6 Å². The van der Waals surface area contributed by atoms with Crippen LogP contribution in [0.3, 0.4) is 0 Å². The van der Waals surface area contributed by atoms with E-state index in [9.17, 15) is 4.79 Å². The molecule has 2 rings (SSSR count). The van der Waals surface area contributed by atoms with Crippen molar-refractivity contribution >= 4 is 50.7 Å². The van der Waals surface area contributed by atoms with Crippen LogP contribution in [0.25, 0.3) is 0 Å². The second kappa shape index (κ2) is 6.00. The maximum absolute atomic E-state index is 12.4. The molecule has 1 fully saturated rings. The number of hydrogen-bond acceptors (Lipinski definition) is 2. The maximum Gasteiger partial charge on any atom is 0.230 e. The molecule has 1 aromatic carbocycles. The van der Waals surface area contributed by atoms with Gasteiger partial charge in [-0.25, -0.2) is 0 Å². The van der Waals surface area contributed by atoms with Gasteiger partial charge in [-0.3, -0.25) is 4.79 Å². The number of anilines is 1. The van der Waals surface area contributed by atoms with Crippen LogP contribution in [0.2, 0.25) is 10.0 Å². The highest BCUT2D eigenvalue weighted by molar-refractivity contribution is 9.10. The van der Waals surface area contributed by atoms with Gasteiger partial charge in [0, 0.05) is 9.89 Å². The highest BCUT2D eigenvalue weighted by Gasteiger charge is 2.35. The number of carbonyl (C=O) groups is 1. The third-order valence-electron chi connectivity index (χ3n) is 3.50. The summed E-state index contributed by atoms with van der Waals surface area (Å²) in [5, 5.41) is 6.99. The van der Waals surface area contributed by atoms with E-state index in [4.69, 9.17) is 23.2 Å². The van der Waals surface area contributed by atoms with Crippen molar-refractivity contribution in [2.45, 2.75) is 19.8 Å². The lowest BCUT2D eigenvalue weighted by Crippen LogP contribution is -2.42. The number of nitrogens with one attached hydrogen (secondary N) is 2. The highest BCUT2D eigenvalue weighted by Crippen LogP contribution is 2.36. The molecule has 0 aromatic heterocycles.